The molecule has 1 nitrogen and oxygen atoms in total. The zero-order valence-corrected chi connectivity index (χ0v) is 11.9. The van der Waals surface area contributed by atoms with Gasteiger partial charge in [0, 0.05) is 12.1 Å². The molecule has 0 aliphatic heterocycles. The second kappa shape index (κ2) is 5.28. The van der Waals surface area contributed by atoms with Crippen molar-refractivity contribution in [1.29, 1.82) is 0 Å². The van der Waals surface area contributed by atoms with Gasteiger partial charge >= 0.3 is 0 Å². The first kappa shape index (κ1) is 13.7. The molecule has 0 aliphatic rings. The van der Waals surface area contributed by atoms with Gasteiger partial charge in [-0.05, 0) is 60.3 Å². The van der Waals surface area contributed by atoms with Crippen LogP contribution in [0.2, 0.25) is 0 Å². The third-order valence-corrected chi connectivity index (χ3v) is 3.06. The highest BCUT2D eigenvalue weighted by Gasteiger charge is 2.13. The van der Waals surface area contributed by atoms with Crippen molar-refractivity contribution in [3.8, 4) is 0 Å². The monoisotopic (exact) mass is 287 g/mol. The number of hydrogen-bond acceptors (Lipinski definition) is 1. The van der Waals surface area contributed by atoms with Gasteiger partial charge in [0.25, 0.3) is 0 Å². The Morgan fingerprint density at radius 1 is 1.38 bits per heavy atom. The van der Waals surface area contributed by atoms with Crippen LogP contribution < -0.4 is 5.32 Å². The minimum atomic E-state index is -0.209. The van der Waals surface area contributed by atoms with Crippen LogP contribution in [0.5, 0.6) is 0 Å². The van der Waals surface area contributed by atoms with Crippen molar-refractivity contribution in [2.45, 2.75) is 39.2 Å². The lowest BCUT2D eigenvalue weighted by atomic mass is 9.99. The van der Waals surface area contributed by atoms with Crippen LogP contribution in [0.25, 0.3) is 0 Å². The normalized spacial score (nSPS) is 13.9. The molecule has 0 saturated heterocycles. The van der Waals surface area contributed by atoms with E-state index in [-0.39, 0.29) is 11.4 Å². The SMILES string of the molecule is CC(CNC(C)(C)C)c1ccc(F)c(Br)c1. The number of nitrogens with one attached hydrogen (secondary N) is 1. The first-order chi connectivity index (χ1) is 7.29. The van der Waals surface area contributed by atoms with Crippen LogP contribution >= 0.6 is 15.9 Å². The van der Waals surface area contributed by atoms with Crippen LogP contribution in [0, 0.1) is 5.82 Å². The maximum absolute atomic E-state index is 13.1. The third kappa shape index (κ3) is 4.22. The van der Waals surface area contributed by atoms with Crippen molar-refractivity contribution in [1.82, 2.24) is 5.32 Å². The van der Waals surface area contributed by atoms with Crippen molar-refractivity contribution < 1.29 is 4.39 Å². The first-order valence-corrected chi connectivity index (χ1v) is 6.29. The van der Waals surface area contributed by atoms with Crippen molar-refractivity contribution in [3.05, 3.63) is 34.1 Å². The van der Waals surface area contributed by atoms with Gasteiger partial charge in [0.2, 0.25) is 0 Å². The quantitative estimate of drug-likeness (QED) is 0.883. The van der Waals surface area contributed by atoms with E-state index in [0.29, 0.717) is 10.4 Å². The molecule has 0 radical (unpaired) electrons. The lowest BCUT2D eigenvalue weighted by Gasteiger charge is -2.23. The Kier molecular flexibility index (Phi) is 4.51. The molecule has 1 aromatic carbocycles. The van der Waals surface area contributed by atoms with E-state index in [1.165, 1.54) is 6.07 Å². The van der Waals surface area contributed by atoms with E-state index >= 15 is 0 Å². The standard InChI is InChI=1S/C13H19BrFN/c1-9(8-16-13(2,3)4)10-5-6-12(15)11(14)7-10/h5-7,9,16H,8H2,1-4H3. The second-order valence-electron chi connectivity index (χ2n) is 5.21. The van der Waals surface area contributed by atoms with E-state index in [9.17, 15) is 4.39 Å². The van der Waals surface area contributed by atoms with Crippen LogP contribution in [0.1, 0.15) is 39.2 Å². The average molecular weight is 288 g/mol. The molecule has 90 valence electrons. The Hall–Kier alpha value is -0.410. The maximum Gasteiger partial charge on any atom is 0.137 e. The Balaban J connectivity index is 2.66. The molecule has 0 fully saturated rings. The topological polar surface area (TPSA) is 12.0 Å². The lowest BCUT2D eigenvalue weighted by Crippen LogP contribution is -2.38. The molecule has 0 aliphatic carbocycles. The zero-order chi connectivity index (χ0) is 12.3. The second-order valence-corrected chi connectivity index (χ2v) is 6.06. The van der Waals surface area contributed by atoms with E-state index < -0.39 is 0 Å². The Morgan fingerprint density at radius 2 is 2.00 bits per heavy atom. The summed E-state index contributed by atoms with van der Waals surface area (Å²) < 4.78 is 13.6. The van der Waals surface area contributed by atoms with Gasteiger partial charge in [-0.3, -0.25) is 0 Å². The Morgan fingerprint density at radius 3 is 2.50 bits per heavy atom. The van der Waals surface area contributed by atoms with Gasteiger partial charge < -0.3 is 5.32 Å². The van der Waals surface area contributed by atoms with E-state index in [1.54, 1.807) is 0 Å². The molecular formula is C13H19BrFN. The molecule has 1 N–H and O–H groups in total. The summed E-state index contributed by atoms with van der Waals surface area (Å²) in [7, 11) is 0. The number of rotatable bonds is 3. The summed E-state index contributed by atoms with van der Waals surface area (Å²) in [5.41, 5.74) is 1.26. The van der Waals surface area contributed by atoms with Crippen LogP contribution in [0.15, 0.2) is 22.7 Å². The zero-order valence-electron chi connectivity index (χ0n) is 10.3. The lowest BCUT2D eigenvalue weighted by molar-refractivity contribution is 0.412. The molecule has 3 heteroatoms. The fraction of sp³-hybridized carbons (Fsp3) is 0.538. The Labute approximate surface area is 106 Å². The molecule has 0 amide bonds. The highest BCUT2D eigenvalue weighted by Crippen LogP contribution is 2.22. The number of benzene rings is 1. The van der Waals surface area contributed by atoms with Crippen LogP contribution in [0.3, 0.4) is 0 Å². The Bertz CT molecular complexity index is 357. The van der Waals surface area contributed by atoms with Crippen molar-refractivity contribution in [2.24, 2.45) is 0 Å². The van der Waals surface area contributed by atoms with Crippen molar-refractivity contribution >= 4 is 15.9 Å². The first-order valence-electron chi connectivity index (χ1n) is 5.49. The van der Waals surface area contributed by atoms with Gasteiger partial charge in [-0.25, -0.2) is 4.39 Å². The van der Waals surface area contributed by atoms with E-state index in [4.69, 9.17) is 0 Å². The fourth-order valence-electron chi connectivity index (χ4n) is 1.40. The molecule has 0 bridgehead atoms. The largest absolute Gasteiger partial charge is 0.311 e. The summed E-state index contributed by atoms with van der Waals surface area (Å²) in [6.45, 7) is 9.45. The van der Waals surface area contributed by atoms with Crippen LogP contribution in [-0.2, 0) is 0 Å². The maximum atomic E-state index is 13.1. The predicted molar refractivity (Wildman–Crippen MR) is 70.3 cm³/mol. The highest BCUT2D eigenvalue weighted by molar-refractivity contribution is 9.10. The van der Waals surface area contributed by atoms with Crippen LogP contribution in [0.4, 0.5) is 4.39 Å². The van der Waals surface area contributed by atoms with Crippen LogP contribution in [-0.4, -0.2) is 12.1 Å². The molecule has 1 unspecified atom stereocenters. The molecular weight excluding hydrogens is 269 g/mol. The van der Waals surface area contributed by atoms with E-state index in [0.717, 1.165) is 12.1 Å². The van der Waals surface area contributed by atoms with E-state index in [1.807, 2.05) is 12.1 Å². The molecule has 1 atom stereocenters. The summed E-state index contributed by atoms with van der Waals surface area (Å²) >= 11 is 3.21. The minimum absolute atomic E-state index is 0.117. The average Bonchev–Trinajstić information content (AvgIpc) is 2.17. The molecule has 16 heavy (non-hydrogen) atoms. The molecule has 1 rings (SSSR count). The molecule has 0 saturated carbocycles. The fourth-order valence-corrected chi connectivity index (χ4v) is 1.79. The summed E-state index contributed by atoms with van der Waals surface area (Å²) in [6, 6.07) is 5.20. The predicted octanol–water partition coefficient (Wildman–Crippen LogP) is 4.08. The summed E-state index contributed by atoms with van der Waals surface area (Å²) in [4.78, 5) is 0. The number of hydrogen-bond donors (Lipinski definition) is 1. The number of halogens is 2. The van der Waals surface area contributed by atoms with Gasteiger partial charge in [-0.15, -0.1) is 0 Å². The molecule has 0 heterocycles. The van der Waals surface area contributed by atoms with Crippen molar-refractivity contribution in [3.63, 3.8) is 0 Å². The summed E-state index contributed by atoms with van der Waals surface area (Å²) in [5.74, 6) is 0.163. The van der Waals surface area contributed by atoms with Crippen molar-refractivity contribution in [2.75, 3.05) is 6.54 Å². The molecule has 0 spiro atoms. The minimum Gasteiger partial charge on any atom is -0.311 e. The molecule has 0 aromatic heterocycles. The summed E-state index contributed by atoms with van der Waals surface area (Å²) in [6.07, 6.45) is 0. The van der Waals surface area contributed by atoms with Gasteiger partial charge in [0.1, 0.15) is 5.82 Å². The van der Waals surface area contributed by atoms with E-state index in [2.05, 4.69) is 48.9 Å². The third-order valence-electron chi connectivity index (χ3n) is 2.45. The smallest absolute Gasteiger partial charge is 0.137 e. The molecule has 1 aromatic rings. The van der Waals surface area contributed by atoms with Gasteiger partial charge in [-0.2, -0.15) is 0 Å². The van der Waals surface area contributed by atoms with Gasteiger partial charge in [-0.1, -0.05) is 13.0 Å². The highest BCUT2D eigenvalue weighted by atomic mass is 79.9. The van der Waals surface area contributed by atoms with Gasteiger partial charge in [0.05, 0.1) is 4.47 Å². The van der Waals surface area contributed by atoms with Gasteiger partial charge in [0.15, 0.2) is 0 Å². The summed E-state index contributed by atoms with van der Waals surface area (Å²) in [5, 5.41) is 3.45.